The quantitative estimate of drug-likeness (QED) is 0.421. The maximum absolute atomic E-state index is 13.7. The average Bonchev–Trinajstić information content (AvgIpc) is 3.04. The summed E-state index contributed by atoms with van der Waals surface area (Å²) < 4.78 is 6.03. The highest BCUT2D eigenvalue weighted by atomic mass is 35.5. The summed E-state index contributed by atoms with van der Waals surface area (Å²) in [4.78, 5) is 28.8. The number of aryl methyl sites for hydroxylation is 3. The van der Waals surface area contributed by atoms with Crippen molar-refractivity contribution in [1.82, 2.24) is 0 Å². The molecule has 160 valence electrons. The molecule has 4 aromatic rings. The van der Waals surface area contributed by atoms with Crippen LogP contribution in [0.25, 0.3) is 11.0 Å². The van der Waals surface area contributed by atoms with Crippen LogP contribution in [-0.4, -0.2) is 11.0 Å². The van der Waals surface area contributed by atoms with E-state index in [1.807, 2.05) is 26.8 Å². The Morgan fingerprint density at radius 2 is 1.69 bits per heavy atom. The maximum Gasteiger partial charge on any atom is 0.295 e. The van der Waals surface area contributed by atoms with Crippen LogP contribution in [0.15, 0.2) is 63.8 Å². The Balaban J connectivity index is 1.84. The molecule has 0 bridgehead atoms. The van der Waals surface area contributed by atoms with Gasteiger partial charge in [-0.05, 0) is 79.4 Å². The average molecular weight is 446 g/mol. The Morgan fingerprint density at radius 1 is 0.938 bits per heavy atom. The predicted molar refractivity (Wildman–Crippen MR) is 125 cm³/mol. The molecule has 1 atom stereocenters. The zero-order valence-corrected chi connectivity index (χ0v) is 18.5. The lowest BCUT2D eigenvalue weighted by Gasteiger charge is -2.25. The summed E-state index contributed by atoms with van der Waals surface area (Å²) in [5.74, 6) is -0.372. The summed E-state index contributed by atoms with van der Waals surface area (Å²) in [6, 6.07) is 14.7. The summed E-state index contributed by atoms with van der Waals surface area (Å²) in [7, 11) is 0. The van der Waals surface area contributed by atoms with Crippen molar-refractivity contribution in [1.29, 1.82) is 0 Å². The topological polar surface area (TPSA) is 70.8 Å². The Hall–Kier alpha value is -3.57. The fraction of sp³-hybridized carbons (Fsp3) is 0.154. The van der Waals surface area contributed by atoms with E-state index < -0.39 is 11.9 Å². The van der Waals surface area contributed by atoms with Gasteiger partial charge in [0.05, 0.1) is 17.0 Å². The largest absolute Gasteiger partial charge is 0.508 e. The van der Waals surface area contributed by atoms with Crippen LogP contribution >= 0.6 is 11.6 Å². The first-order valence-electron chi connectivity index (χ1n) is 10.2. The minimum Gasteiger partial charge on any atom is -0.508 e. The van der Waals surface area contributed by atoms with Crippen LogP contribution in [0, 0.1) is 20.8 Å². The fourth-order valence-electron chi connectivity index (χ4n) is 4.24. The zero-order valence-electron chi connectivity index (χ0n) is 17.8. The van der Waals surface area contributed by atoms with Gasteiger partial charge in [0.15, 0.2) is 5.43 Å². The SMILES string of the molecule is Cc1cc2oc3c(c(=O)c2cc1C)C(c1cccc(O)c1)N(c1ccc(C)c(Cl)c1)C3=O. The molecule has 1 N–H and O–H groups in total. The molecule has 0 fully saturated rings. The van der Waals surface area contributed by atoms with Crippen molar-refractivity contribution < 1.29 is 14.3 Å². The lowest BCUT2D eigenvalue weighted by Crippen LogP contribution is -2.29. The second-order valence-electron chi connectivity index (χ2n) is 8.21. The number of benzene rings is 3. The highest BCUT2D eigenvalue weighted by Gasteiger charge is 2.43. The van der Waals surface area contributed by atoms with Gasteiger partial charge in [0.2, 0.25) is 5.76 Å². The number of carbonyl (C=O) groups excluding carboxylic acids is 1. The van der Waals surface area contributed by atoms with Crippen molar-refractivity contribution >= 4 is 34.2 Å². The smallest absolute Gasteiger partial charge is 0.295 e. The monoisotopic (exact) mass is 445 g/mol. The van der Waals surface area contributed by atoms with Gasteiger partial charge >= 0.3 is 0 Å². The fourth-order valence-corrected chi connectivity index (χ4v) is 4.41. The molecule has 1 aliphatic rings. The highest BCUT2D eigenvalue weighted by Crippen LogP contribution is 2.42. The van der Waals surface area contributed by atoms with Gasteiger partial charge in [-0.3, -0.25) is 14.5 Å². The molecule has 1 aromatic heterocycles. The number of amides is 1. The van der Waals surface area contributed by atoms with Crippen molar-refractivity contribution in [3.05, 3.63) is 103 Å². The first-order chi connectivity index (χ1) is 15.3. The van der Waals surface area contributed by atoms with Gasteiger partial charge in [0.1, 0.15) is 11.3 Å². The molecule has 0 saturated heterocycles. The molecule has 1 unspecified atom stereocenters. The minimum absolute atomic E-state index is 0.00999. The number of hydrogen-bond acceptors (Lipinski definition) is 4. The molecule has 2 heterocycles. The van der Waals surface area contributed by atoms with Crippen LogP contribution in [0.1, 0.15) is 44.4 Å². The van der Waals surface area contributed by atoms with Crippen LogP contribution in [0.4, 0.5) is 5.69 Å². The van der Waals surface area contributed by atoms with Crippen molar-refractivity contribution in [2.45, 2.75) is 26.8 Å². The number of phenols is 1. The van der Waals surface area contributed by atoms with E-state index in [4.69, 9.17) is 16.0 Å². The Morgan fingerprint density at radius 3 is 2.41 bits per heavy atom. The van der Waals surface area contributed by atoms with Crippen LogP contribution in [0.3, 0.4) is 0 Å². The third kappa shape index (κ3) is 3.00. The summed E-state index contributed by atoms with van der Waals surface area (Å²) in [6.45, 7) is 5.74. The second kappa shape index (κ2) is 7.24. The van der Waals surface area contributed by atoms with Gasteiger partial charge in [-0.25, -0.2) is 0 Å². The van der Waals surface area contributed by atoms with Crippen molar-refractivity contribution in [2.24, 2.45) is 0 Å². The summed E-state index contributed by atoms with van der Waals surface area (Å²) in [6.07, 6.45) is 0. The summed E-state index contributed by atoms with van der Waals surface area (Å²) in [5, 5.41) is 11.0. The first-order valence-corrected chi connectivity index (χ1v) is 10.6. The van der Waals surface area contributed by atoms with Crippen LogP contribution in [0.5, 0.6) is 5.75 Å². The molecule has 6 heteroatoms. The van der Waals surface area contributed by atoms with E-state index in [1.165, 1.54) is 4.90 Å². The molecule has 0 saturated carbocycles. The molecule has 0 aliphatic carbocycles. The Bertz CT molecular complexity index is 1490. The van der Waals surface area contributed by atoms with Crippen LogP contribution in [0.2, 0.25) is 5.02 Å². The van der Waals surface area contributed by atoms with Gasteiger partial charge in [0, 0.05) is 10.7 Å². The molecular weight excluding hydrogens is 426 g/mol. The molecule has 5 rings (SSSR count). The number of carbonyl (C=O) groups is 1. The summed E-state index contributed by atoms with van der Waals surface area (Å²) >= 11 is 6.36. The van der Waals surface area contributed by atoms with E-state index in [1.54, 1.807) is 48.5 Å². The number of fused-ring (bicyclic) bond motifs is 2. The number of phenolic OH excluding ortho intramolecular Hbond substituents is 1. The lowest BCUT2D eigenvalue weighted by atomic mass is 9.97. The Labute approximate surface area is 189 Å². The van der Waals surface area contributed by atoms with Crippen LogP contribution in [-0.2, 0) is 0 Å². The molecule has 0 radical (unpaired) electrons. The molecule has 1 aliphatic heterocycles. The van der Waals surface area contributed by atoms with Gasteiger partial charge < -0.3 is 9.52 Å². The molecule has 32 heavy (non-hydrogen) atoms. The maximum atomic E-state index is 13.7. The number of rotatable bonds is 2. The minimum atomic E-state index is -0.759. The van der Waals surface area contributed by atoms with Gasteiger partial charge in [-0.1, -0.05) is 29.8 Å². The number of halogens is 1. The van der Waals surface area contributed by atoms with E-state index >= 15 is 0 Å². The zero-order chi connectivity index (χ0) is 22.7. The number of hydrogen-bond donors (Lipinski definition) is 1. The number of aromatic hydroxyl groups is 1. The lowest BCUT2D eigenvalue weighted by molar-refractivity contribution is 0.0971. The highest BCUT2D eigenvalue weighted by molar-refractivity contribution is 6.31. The third-order valence-corrected chi connectivity index (χ3v) is 6.51. The Kier molecular flexibility index (Phi) is 4.60. The normalized spacial score (nSPS) is 15.4. The van der Waals surface area contributed by atoms with Crippen molar-refractivity contribution in [3.8, 4) is 5.75 Å². The molecule has 5 nitrogen and oxygen atoms in total. The first kappa shape index (κ1) is 20.3. The van der Waals surface area contributed by atoms with E-state index in [9.17, 15) is 14.7 Å². The van der Waals surface area contributed by atoms with Crippen molar-refractivity contribution in [2.75, 3.05) is 4.90 Å². The van der Waals surface area contributed by atoms with Crippen molar-refractivity contribution in [3.63, 3.8) is 0 Å². The number of nitrogens with zero attached hydrogens (tertiary/aromatic N) is 1. The van der Waals surface area contributed by atoms with Crippen LogP contribution < -0.4 is 10.3 Å². The van der Waals surface area contributed by atoms with Gasteiger partial charge in [-0.2, -0.15) is 0 Å². The second-order valence-corrected chi connectivity index (χ2v) is 8.62. The van der Waals surface area contributed by atoms with Gasteiger partial charge in [0.25, 0.3) is 5.91 Å². The standard InChI is InChI=1S/C26H20ClNO4/c1-13-7-8-17(12-20(13)27)28-23(16-5-4-6-18(29)11-16)22-24(30)19-9-14(2)15(3)10-21(19)32-25(22)26(28)31/h4-12,23,29H,1-3H3. The molecule has 1 amide bonds. The van der Waals surface area contributed by atoms with E-state index in [2.05, 4.69) is 0 Å². The summed E-state index contributed by atoms with van der Waals surface area (Å²) in [5.41, 5.74) is 4.33. The predicted octanol–water partition coefficient (Wildman–Crippen LogP) is 5.83. The number of anilines is 1. The van der Waals surface area contributed by atoms with Gasteiger partial charge in [-0.15, -0.1) is 0 Å². The van der Waals surface area contributed by atoms with E-state index in [-0.39, 0.29) is 22.5 Å². The van der Waals surface area contributed by atoms with E-state index in [0.29, 0.717) is 27.2 Å². The molecular formula is C26H20ClNO4. The van der Waals surface area contributed by atoms with E-state index in [0.717, 1.165) is 16.7 Å². The third-order valence-electron chi connectivity index (χ3n) is 6.11. The molecule has 3 aromatic carbocycles. The molecule has 0 spiro atoms.